The number of amides is 1. The van der Waals surface area contributed by atoms with Crippen molar-refractivity contribution in [3.05, 3.63) is 83.9 Å². The molecule has 6 nitrogen and oxygen atoms in total. The fourth-order valence-electron chi connectivity index (χ4n) is 2.69. The summed E-state index contributed by atoms with van der Waals surface area (Å²) in [5.74, 6) is -0.343. The molecule has 10 heteroatoms. The number of ether oxygens (including phenoxy) is 1. The molecule has 162 valence electrons. The summed E-state index contributed by atoms with van der Waals surface area (Å²) in [4.78, 5) is 12.2. The van der Waals surface area contributed by atoms with Crippen LogP contribution in [0.15, 0.2) is 77.7 Å². The summed E-state index contributed by atoms with van der Waals surface area (Å²) in [6.07, 6.45) is -4.54. The van der Waals surface area contributed by atoms with E-state index in [9.17, 15) is 26.4 Å². The molecule has 0 bridgehead atoms. The zero-order chi connectivity index (χ0) is 22.6. The number of carbonyl (C=O) groups excluding carboxylic acids is 1. The van der Waals surface area contributed by atoms with Gasteiger partial charge in [0, 0.05) is 11.3 Å². The summed E-state index contributed by atoms with van der Waals surface area (Å²) in [5.41, 5.74) is -0.603. The molecular weight excluding hydrogens is 433 g/mol. The van der Waals surface area contributed by atoms with Gasteiger partial charge in [-0.1, -0.05) is 18.2 Å². The number of hydrogen-bond donors (Lipinski definition) is 2. The quantitative estimate of drug-likeness (QED) is 0.567. The molecule has 3 aromatic rings. The highest BCUT2D eigenvalue weighted by atomic mass is 32.2. The van der Waals surface area contributed by atoms with Gasteiger partial charge in [0.25, 0.3) is 15.9 Å². The summed E-state index contributed by atoms with van der Waals surface area (Å²) >= 11 is 0. The first-order valence-corrected chi connectivity index (χ1v) is 10.3. The Morgan fingerprint density at radius 3 is 2.26 bits per heavy atom. The van der Waals surface area contributed by atoms with E-state index in [1.807, 2.05) is 0 Å². The minimum absolute atomic E-state index is 0.0330. The van der Waals surface area contributed by atoms with Crippen molar-refractivity contribution in [1.29, 1.82) is 0 Å². The molecule has 3 aromatic carbocycles. The Bertz CT molecular complexity index is 1190. The number of methoxy groups -OCH3 is 1. The first kappa shape index (κ1) is 22.2. The molecule has 0 aliphatic heterocycles. The molecule has 0 fully saturated rings. The molecule has 0 saturated heterocycles. The Labute approximate surface area is 176 Å². The molecule has 0 aliphatic carbocycles. The average molecular weight is 450 g/mol. The molecule has 0 saturated carbocycles. The van der Waals surface area contributed by atoms with Crippen LogP contribution >= 0.6 is 0 Å². The maximum Gasteiger partial charge on any atom is 0.416 e. The maximum absolute atomic E-state index is 12.8. The predicted molar refractivity (Wildman–Crippen MR) is 110 cm³/mol. The van der Waals surface area contributed by atoms with E-state index in [2.05, 4.69) is 10.0 Å². The lowest BCUT2D eigenvalue weighted by Gasteiger charge is -2.12. The highest BCUT2D eigenvalue weighted by Crippen LogP contribution is 2.31. The second-order valence-corrected chi connectivity index (χ2v) is 8.05. The Hall–Kier alpha value is -3.53. The molecule has 2 N–H and O–H groups in total. The number of carbonyl (C=O) groups is 1. The van der Waals surface area contributed by atoms with Crippen molar-refractivity contribution in [2.75, 3.05) is 17.1 Å². The SMILES string of the molecule is COc1ccccc1NS(=O)(=O)c1ccc(C(=O)Nc2cccc(C(F)(F)F)c2)cc1. The number of benzene rings is 3. The normalized spacial score (nSPS) is 11.6. The monoisotopic (exact) mass is 450 g/mol. The lowest BCUT2D eigenvalue weighted by atomic mass is 10.1. The van der Waals surface area contributed by atoms with Crippen LogP contribution in [0.25, 0.3) is 0 Å². The van der Waals surface area contributed by atoms with E-state index in [0.29, 0.717) is 5.75 Å². The van der Waals surface area contributed by atoms with Crippen molar-refractivity contribution < 1.29 is 31.1 Å². The summed E-state index contributed by atoms with van der Waals surface area (Å²) in [7, 11) is -2.55. The van der Waals surface area contributed by atoms with Crippen LogP contribution in [0.5, 0.6) is 5.75 Å². The van der Waals surface area contributed by atoms with Crippen LogP contribution in [0.4, 0.5) is 24.5 Å². The van der Waals surface area contributed by atoms with Crippen LogP contribution in [-0.2, 0) is 16.2 Å². The highest BCUT2D eigenvalue weighted by molar-refractivity contribution is 7.92. The van der Waals surface area contributed by atoms with Crippen molar-refractivity contribution in [3.8, 4) is 5.75 Å². The molecule has 0 heterocycles. The molecule has 31 heavy (non-hydrogen) atoms. The van der Waals surface area contributed by atoms with E-state index < -0.39 is 27.7 Å². The van der Waals surface area contributed by atoms with Gasteiger partial charge < -0.3 is 10.1 Å². The van der Waals surface area contributed by atoms with Crippen LogP contribution < -0.4 is 14.8 Å². The van der Waals surface area contributed by atoms with E-state index in [1.165, 1.54) is 49.6 Å². The molecule has 0 aliphatic rings. The van der Waals surface area contributed by atoms with Gasteiger partial charge in [0.15, 0.2) is 0 Å². The van der Waals surface area contributed by atoms with Crippen molar-refractivity contribution in [3.63, 3.8) is 0 Å². The molecule has 1 amide bonds. The topological polar surface area (TPSA) is 84.5 Å². The Balaban J connectivity index is 1.76. The largest absolute Gasteiger partial charge is 0.495 e. The predicted octanol–water partition coefficient (Wildman–Crippen LogP) is 4.77. The van der Waals surface area contributed by atoms with E-state index >= 15 is 0 Å². The lowest BCUT2D eigenvalue weighted by Crippen LogP contribution is -2.15. The van der Waals surface area contributed by atoms with E-state index in [0.717, 1.165) is 12.1 Å². The van der Waals surface area contributed by atoms with Crippen molar-refractivity contribution in [2.45, 2.75) is 11.1 Å². The number of para-hydroxylation sites is 2. The number of nitrogens with one attached hydrogen (secondary N) is 2. The molecule has 0 atom stereocenters. The third-order valence-corrected chi connectivity index (χ3v) is 5.61. The number of alkyl halides is 3. The van der Waals surface area contributed by atoms with Crippen LogP contribution in [-0.4, -0.2) is 21.4 Å². The molecule has 3 rings (SSSR count). The standard InChI is InChI=1S/C21H17F3N2O4S/c1-30-19-8-3-2-7-18(19)26-31(28,29)17-11-9-14(10-12-17)20(27)25-16-6-4-5-15(13-16)21(22,23)24/h2-13,26H,1H3,(H,25,27). The zero-order valence-corrected chi connectivity index (χ0v) is 16.9. The van der Waals surface area contributed by atoms with Crippen LogP contribution in [0.1, 0.15) is 15.9 Å². The van der Waals surface area contributed by atoms with Crippen molar-refractivity contribution >= 4 is 27.3 Å². The second kappa shape index (κ2) is 8.68. The third kappa shape index (κ3) is 5.34. The Morgan fingerprint density at radius 2 is 1.61 bits per heavy atom. The minimum atomic E-state index is -4.54. The number of halogens is 3. The zero-order valence-electron chi connectivity index (χ0n) is 16.1. The van der Waals surface area contributed by atoms with Gasteiger partial charge in [0.1, 0.15) is 5.75 Å². The number of rotatable bonds is 6. The third-order valence-electron chi connectivity index (χ3n) is 4.23. The number of anilines is 2. The van der Waals surface area contributed by atoms with Gasteiger partial charge in [0.05, 0.1) is 23.3 Å². The van der Waals surface area contributed by atoms with E-state index in [1.54, 1.807) is 18.2 Å². The average Bonchev–Trinajstić information content (AvgIpc) is 2.73. The number of hydrogen-bond acceptors (Lipinski definition) is 4. The molecular formula is C21H17F3N2O4S. The van der Waals surface area contributed by atoms with Crippen LogP contribution in [0.2, 0.25) is 0 Å². The summed E-state index contributed by atoms with van der Waals surface area (Å²) in [6, 6.07) is 15.6. The first-order chi connectivity index (χ1) is 14.6. The van der Waals surface area contributed by atoms with E-state index in [4.69, 9.17) is 4.74 Å². The lowest BCUT2D eigenvalue weighted by molar-refractivity contribution is -0.137. The fraction of sp³-hybridized carbons (Fsp3) is 0.0952. The van der Waals surface area contributed by atoms with Gasteiger partial charge in [-0.2, -0.15) is 13.2 Å². The Kier molecular flexibility index (Phi) is 6.21. The van der Waals surface area contributed by atoms with Gasteiger partial charge >= 0.3 is 6.18 Å². The fourth-order valence-corrected chi connectivity index (χ4v) is 3.77. The summed E-state index contributed by atoms with van der Waals surface area (Å²) < 4.78 is 71.1. The van der Waals surface area contributed by atoms with Gasteiger partial charge in [-0.15, -0.1) is 0 Å². The van der Waals surface area contributed by atoms with Gasteiger partial charge in [-0.05, 0) is 54.6 Å². The Morgan fingerprint density at radius 1 is 0.935 bits per heavy atom. The smallest absolute Gasteiger partial charge is 0.416 e. The van der Waals surface area contributed by atoms with Crippen LogP contribution in [0.3, 0.4) is 0 Å². The van der Waals surface area contributed by atoms with Crippen molar-refractivity contribution in [2.24, 2.45) is 0 Å². The summed E-state index contributed by atoms with van der Waals surface area (Å²) in [6.45, 7) is 0. The second-order valence-electron chi connectivity index (χ2n) is 6.36. The maximum atomic E-state index is 12.8. The summed E-state index contributed by atoms with van der Waals surface area (Å²) in [5, 5.41) is 2.36. The molecule has 0 radical (unpaired) electrons. The minimum Gasteiger partial charge on any atom is -0.495 e. The van der Waals surface area contributed by atoms with Crippen molar-refractivity contribution in [1.82, 2.24) is 0 Å². The molecule has 0 unspecified atom stereocenters. The van der Waals surface area contributed by atoms with Crippen LogP contribution in [0, 0.1) is 0 Å². The van der Waals surface area contributed by atoms with E-state index in [-0.39, 0.29) is 21.8 Å². The number of sulfonamides is 1. The highest BCUT2D eigenvalue weighted by Gasteiger charge is 2.30. The van der Waals surface area contributed by atoms with Gasteiger partial charge in [-0.3, -0.25) is 9.52 Å². The molecule has 0 spiro atoms. The first-order valence-electron chi connectivity index (χ1n) is 8.85. The van der Waals surface area contributed by atoms with Gasteiger partial charge in [0.2, 0.25) is 0 Å². The van der Waals surface area contributed by atoms with Gasteiger partial charge in [-0.25, -0.2) is 8.42 Å². The molecule has 0 aromatic heterocycles.